The van der Waals surface area contributed by atoms with Crippen molar-refractivity contribution in [1.29, 1.82) is 0 Å². The highest BCUT2D eigenvalue weighted by Crippen LogP contribution is 2.16. The third-order valence-corrected chi connectivity index (χ3v) is 2.93. The summed E-state index contributed by atoms with van der Waals surface area (Å²) in [6.45, 7) is 5.92. The highest BCUT2D eigenvalue weighted by atomic mass is 32.1. The zero-order valence-electron chi connectivity index (χ0n) is 9.53. The molecule has 0 aromatic carbocycles. The number of hydrogen-bond acceptors (Lipinski definition) is 4. The van der Waals surface area contributed by atoms with Gasteiger partial charge in [-0.15, -0.1) is 11.3 Å². The Morgan fingerprint density at radius 1 is 1.62 bits per heavy atom. The molecular formula is C11H17NO3S. The van der Waals surface area contributed by atoms with E-state index in [2.05, 4.69) is 5.32 Å². The molecule has 2 N–H and O–H groups in total. The average molecular weight is 243 g/mol. The van der Waals surface area contributed by atoms with E-state index >= 15 is 0 Å². The Morgan fingerprint density at radius 3 is 3.00 bits per heavy atom. The van der Waals surface area contributed by atoms with Gasteiger partial charge in [-0.05, 0) is 30.9 Å². The lowest BCUT2D eigenvalue weighted by Gasteiger charge is -2.08. The molecule has 4 nitrogen and oxygen atoms in total. The number of carbonyl (C=O) groups is 1. The highest BCUT2D eigenvalue weighted by molar-refractivity contribution is 7.12. The largest absolute Gasteiger partial charge is 0.477 e. The first-order valence-electron chi connectivity index (χ1n) is 5.23. The summed E-state index contributed by atoms with van der Waals surface area (Å²) in [7, 11) is 0. The van der Waals surface area contributed by atoms with Crippen molar-refractivity contribution in [2.45, 2.75) is 26.5 Å². The van der Waals surface area contributed by atoms with Gasteiger partial charge in [-0.3, -0.25) is 0 Å². The Balaban J connectivity index is 2.27. The fourth-order valence-electron chi connectivity index (χ4n) is 1.25. The van der Waals surface area contributed by atoms with Crippen molar-refractivity contribution >= 4 is 17.3 Å². The van der Waals surface area contributed by atoms with Gasteiger partial charge in [0.2, 0.25) is 0 Å². The molecule has 1 rings (SSSR count). The monoisotopic (exact) mass is 243 g/mol. The van der Waals surface area contributed by atoms with Gasteiger partial charge in [0.05, 0.1) is 12.7 Å². The summed E-state index contributed by atoms with van der Waals surface area (Å²) in [5, 5.41) is 13.8. The number of hydrogen-bond donors (Lipinski definition) is 2. The molecule has 90 valence electrons. The van der Waals surface area contributed by atoms with Crippen LogP contribution >= 0.6 is 11.3 Å². The molecule has 1 aromatic heterocycles. The molecule has 0 aliphatic carbocycles. The molecule has 0 bridgehead atoms. The lowest BCUT2D eigenvalue weighted by atomic mass is 10.2. The van der Waals surface area contributed by atoms with E-state index in [0.29, 0.717) is 18.0 Å². The molecule has 0 saturated carbocycles. The first-order valence-corrected chi connectivity index (χ1v) is 6.11. The van der Waals surface area contributed by atoms with E-state index in [0.717, 1.165) is 12.1 Å². The third kappa shape index (κ3) is 4.30. The van der Waals surface area contributed by atoms with Crippen molar-refractivity contribution in [2.75, 3.05) is 13.2 Å². The molecule has 0 radical (unpaired) electrons. The maximum Gasteiger partial charge on any atom is 0.346 e. The quantitative estimate of drug-likeness (QED) is 0.719. The predicted octanol–water partition coefficient (Wildman–Crippen LogP) is 1.96. The highest BCUT2D eigenvalue weighted by Gasteiger charge is 2.10. The van der Waals surface area contributed by atoms with Crippen LogP contribution in [0.2, 0.25) is 0 Å². The van der Waals surface area contributed by atoms with Crippen LogP contribution in [0.1, 0.15) is 29.1 Å². The smallest absolute Gasteiger partial charge is 0.346 e. The second kappa shape index (κ2) is 6.62. The van der Waals surface area contributed by atoms with Crippen molar-refractivity contribution < 1.29 is 14.6 Å². The molecule has 5 heteroatoms. The summed E-state index contributed by atoms with van der Waals surface area (Å²) < 4.78 is 5.36. The maximum absolute atomic E-state index is 10.8. The van der Waals surface area contributed by atoms with Crippen LogP contribution in [-0.2, 0) is 11.3 Å². The lowest BCUT2D eigenvalue weighted by Crippen LogP contribution is -2.21. The number of aromatic carboxylic acids is 1. The lowest BCUT2D eigenvalue weighted by molar-refractivity contribution is 0.0701. The standard InChI is InChI=1S/C11H17NO3S/c1-8(2)15-5-4-12-7-9-3-6-16-10(9)11(13)14/h3,6,8,12H,4-5,7H2,1-2H3,(H,13,14). The van der Waals surface area contributed by atoms with E-state index < -0.39 is 5.97 Å². The Morgan fingerprint density at radius 2 is 2.38 bits per heavy atom. The Bertz CT molecular complexity index is 336. The molecule has 0 unspecified atom stereocenters. The van der Waals surface area contributed by atoms with Crippen LogP contribution < -0.4 is 5.32 Å². The van der Waals surface area contributed by atoms with Crippen LogP contribution in [0.15, 0.2) is 11.4 Å². The summed E-state index contributed by atoms with van der Waals surface area (Å²) in [4.78, 5) is 11.2. The average Bonchev–Trinajstić information content (AvgIpc) is 2.65. The summed E-state index contributed by atoms with van der Waals surface area (Å²) in [6, 6.07) is 1.84. The van der Waals surface area contributed by atoms with Gasteiger partial charge >= 0.3 is 5.97 Å². The second-order valence-corrected chi connectivity index (χ2v) is 4.59. The summed E-state index contributed by atoms with van der Waals surface area (Å²) in [5.74, 6) is -0.856. The van der Waals surface area contributed by atoms with Crippen molar-refractivity contribution in [3.05, 3.63) is 21.9 Å². The number of thiophene rings is 1. The van der Waals surface area contributed by atoms with E-state index in [9.17, 15) is 4.79 Å². The molecule has 0 saturated heterocycles. The Labute approximate surface area is 99.2 Å². The first-order chi connectivity index (χ1) is 7.61. The van der Waals surface area contributed by atoms with Crippen LogP contribution in [0, 0.1) is 0 Å². The molecule has 0 amide bonds. The summed E-state index contributed by atoms with van der Waals surface area (Å²) in [6.07, 6.45) is 0.234. The minimum Gasteiger partial charge on any atom is -0.477 e. The summed E-state index contributed by atoms with van der Waals surface area (Å²) >= 11 is 1.26. The molecular weight excluding hydrogens is 226 g/mol. The zero-order valence-corrected chi connectivity index (χ0v) is 10.3. The number of carboxylic acids is 1. The third-order valence-electron chi connectivity index (χ3n) is 1.99. The minimum absolute atomic E-state index is 0.234. The number of carboxylic acid groups (broad SMARTS) is 1. The van der Waals surface area contributed by atoms with Gasteiger partial charge in [0.25, 0.3) is 0 Å². The molecule has 1 aromatic rings. The summed E-state index contributed by atoms with van der Waals surface area (Å²) in [5.41, 5.74) is 0.835. The topological polar surface area (TPSA) is 58.6 Å². The van der Waals surface area contributed by atoms with Gasteiger partial charge in [-0.2, -0.15) is 0 Å². The first kappa shape index (κ1) is 13.2. The van der Waals surface area contributed by atoms with Crippen LogP contribution in [-0.4, -0.2) is 30.3 Å². The molecule has 0 aliphatic heterocycles. The van der Waals surface area contributed by atoms with Gasteiger partial charge in [0.15, 0.2) is 0 Å². The van der Waals surface area contributed by atoms with Gasteiger partial charge in [0, 0.05) is 13.1 Å². The normalized spacial score (nSPS) is 10.9. The fourth-order valence-corrected chi connectivity index (χ4v) is 2.01. The molecule has 0 fully saturated rings. The van der Waals surface area contributed by atoms with Crippen molar-refractivity contribution in [2.24, 2.45) is 0 Å². The molecule has 16 heavy (non-hydrogen) atoms. The van der Waals surface area contributed by atoms with Gasteiger partial charge < -0.3 is 15.2 Å². The number of ether oxygens (including phenoxy) is 1. The minimum atomic E-state index is -0.856. The van der Waals surface area contributed by atoms with Crippen LogP contribution in [0.5, 0.6) is 0 Å². The van der Waals surface area contributed by atoms with Crippen molar-refractivity contribution in [3.8, 4) is 0 Å². The Kier molecular flexibility index (Phi) is 5.45. The van der Waals surface area contributed by atoms with E-state index in [1.165, 1.54) is 11.3 Å². The molecule has 1 heterocycles. The van der Waals surface area contributed by atoms with E-state index in [-0.39, 0.29) is 6.10 Å². The van der Waals surface area contributed by atoms with E-state index in [4.69, 9.17) is 9.84 Å². The van der Waals surface area contributed by atoms with Crippen molar-refractivity contribution in [3.63, 3.8) is 0 Å². The van der Waals surface area contributed by atoms with Crippen molar-refractivity contribution in [1.82, 2.24) is 5.32 Å². The SMILES string of the molecule is CC(C)OCCNCc1ccsc1C(=O)O. The second-order valence-electron chi connectivity index (χ2n) is 3.68. The van der Waals surface area contributed by atoms with E-state index in [1.54, 1.807) is 5.38 Å². The van der Waals surface area contributed by atoms with Crippen LogP contribution in [0.4, 0.5) is 0 Å². The zero-order chi connectivity index (χ0) is 12.0. The number of rotatable bonds is 7. The van der Waals surface area contributed by atoms with Gasteiger partial charge in [-0.25, -0.2) is 4.79 Å². The Hall–Kier alpha value is -0.910. The van der Waals surface area contributed by atoms with Crippen LogP contribution in [0.3, 0.4) is 0 Å². The molecule has 0 aliphatic rings. The fraction of sp³-hybridized carbons (Fsp3) is 0.545. The molecule has 0 spiro atoms. The van der Waals surface area contributed by atoms with Crippen LogP contribution in [0.25, 0.3) is 0 Å². The predicted molar refractivity (Wildman–Crippen MR) is 64.1 cm³/mol. The molecule has 0 atom stereocenters. The van der Waals surface area contributed by atoms with E-state index in [1.807, 2.05) is 19.9 Å². The number of nitrogens with one attached hydrogen (secondary N) is 1. The maximum atomic E-state index is 10.8. The van der Waals surface area contributed by atoms with Gasteiger partial charge in [-0.1, -0.05) is 0 Å². The van der Waals surface area contributed by atoms with Gasteiger partial charge in [0.1, 0.15) is 4.88 Å².